The third-order valence-corrected chi connectivity index (χ3v) is 4.39. The normalized spacial score (nSPS) is 11.7. The van der Waals surface area contributed by atoms with Gasteiger partial charge in [-0.2, -0.15) is 0 Å². The van der Waals surface area contributed by atoms with E-state index >= 15 is 0 Å². The van der Waals surface area contributed by atoms with Crippen molar-refractivity contribution in [2.75, 3.05) is 0 Å². The molecule has 146 valence electrons. The fourth-order valence-electron chi connectivity index (χ4n) is 2.89. The van der Waals surface area contributed by atoms with E-state index in [0.717, 1.165) is 11.4 Å². The molecule has 3 rings (SSSR count). The molecule has 6 heteroatoms. The van der Waals surface area contributed by atoms with Crippen LogP contribution in [-0.4, -0.2) is 26.0 Å². The predicted octanol–water partition coefficient (Wildman–Crippen LogP) is 5.24. The largest absolute Gasteiger partial charge is 0.347 e. The van der Waals surface area contributed by atoms with Gasteiger partial charge in [-0.05, 0) is 45.0 Å². The highest BCUT2D eigenvalue weighted by Gasteiger charge is 2.19. The molecule has 0 aliphatic carbocycles. The Morgan fingerprint density at radius 1 is 1.14 bits per heavy atom. The number of amides is 1. The van der Waals surface area contributed by atoms with Gasteiger partial charge in [0.2, 0.25) is 0 Å². The van der Waals surface area contributed by atoms with Gasteiger partial charge in [-0.3, -0.25) is 9.36 Å². The average Bonchev–Trinajstić information content (AvgIpc) is 3.10. The monoisotopic (exact) mass is 396 g/mol. The number of halogens is 1. The summed E-state index contributed by atoms with van der Waals surface area (Å²) in [6, 6.07) is 11.0. The second-order valence-corrected chi connectivity index (χ2v) is 8.56. The smallest absolute Gasteiger partial charge is 0.251 e. The number of carbonyl (C=O) groups is 1. The summed E-state index contributed by atoms with van der Waals surface area (Å²) < 4.78 is 1.93. The third-order valence-electron chi connectivity index (χ3n) is 4.14. The Bertz CT molecular complexity index is 985. The Morgan fingerprint density at radius 3 is 2.43 bits per heavy atom. The van der Waals surface area contributed by atoms with E-state index in [2.05, 4.69) is 24.1 Å². The zero-order valence-electron chi connectivity index (χ0n) is 16.8. The van der Waals surface area contributed by atoms with Gasteiger partial charge < -0.3 is 5.32 Å². The molecule has 2 aromatic heterocycles. The minimum Gasteiger partial charge on any atom is -0.347 e. The van der Waals surface area contributed by atoms with Crippen molar-refractivity contribution in [3.8, 4) is 17.1 Å². The number of pyridine rings is 1. The maximum absolute atomic E-state index is 12.9. The second-order valence-electron chi connectivity index (χ2n) is 8.12. The molecule has 2 heterocycles. The zero-order chi connectivity index (χ0) is 20.5. The second kappa shape index (κ2) is 7.76. The molecule has 1 amide bonds. The van der Waals surface area contributed by atoms with Crippen molar-refractivity contribution in [3.05, 3.63) is 65.2 Å². The standard InChI is InChI=1S/C22H25ClN4O/c1-14(2)20-24-10-11-27(20)19-13-16(21(28)26-22(3,4)5)12-18(25-19)15-6-8-17(23)9-7-15/h6-14H,1-5H3,(H,26,28). The molecule has 3 aromatic rings. The van der Waals surface area contributed by atoms with Gasteiger partial charge in [0.1, 0.15) is 11.6 Å². The quantitative estimate of drug-likeness (QED) is 0.656. The summed E-state index contributed by atoms with van der Waals surface area (Å²) in [4.78, 5) is 22.1. The summed E-state index contributed by atoms with van der Waals surface area (Å²) >= 11 is 6.02. The number of aromatic nitrogens is 3. The Morgan fingerprint density at radius 2 is 1.82 bits per heavy atom. The fraction of sp³-hybridized carbons (Fsp3) is 0.318. The molecule has 28 heavy (non-hydrogen) atoms. The summed E-state index contributed by atoms with van der Waals surface area (Å²) in [5.74, 6) is 1.64. The first-order chi connectivity index (χ1) is 13.1. The molecule has 0 radical (unpaired) electrons. The molecular weight excluding hydrogens is 372 g/mol. The highest BCUT2D eigenvalue weighted by molar-refractivity contribution is 6.30. The summed E-state index contributed by atoms with van der Waals surface area (Å²) in [6.07, 6.45) is 3.62. The van der Waals surface area contributed by atoms with Crippen LogP contribution in [-0.2, 0) is 0 Å². The van der Waals surface area contributed by atoms with Gasteiger partial charge in [-0.1, -0.05) is 37.6 Å². The van der Waals surface area contributed by atoms with Crippen LogP contribution in [0.1, 0.15) is 56.7 Å². The van der Waals surface area contributed by atoms with Gasteiger partial charge in [-0.25, -0.2) is 9.97 Å². The van der Waals surface area contributed by atoms with Crippen LogP contribution in [0, 0.1) is 0 Å². The Balaban J connectivity index is 2.15. The Labute approximate surface area is 170 Å². The van der Waals surface area contributed by atoms with Gasteiger partial charge in [0.25, 0.3) is 5.91 Å². The number of imidazole rings is 1. The molecule has 1 N–H and O–H groups in total. The number of hydrogen-bond acceptors (Lipinski definition) is 3. The summed E-state index contributed by atoms with van der Waals surface area (Å²) in [5, 5.41) is 3.68. The zero-order valence-corrected chi connectivity index (χ0v) is 17.6. The number of rotatable bonds is 4. The van der Waals surface area contributed by atoms with Crippen LogP contribution in [0.5, 0.6) is 0 Å². The van der Waals surface area contributed by atoms with Crippen LogP contribution in [0.25, 0.3) is 17.1 Å². The summed E-state index contributed by atoms with van der Waals surface area (Å²) in [7, 11) is 0. The fourth-order valence-corrected chi connectivity index (χ4v) is 3.01. The molecule has 0 bridgehead atoms. The average molecular weight is 397 g/mol. The SMILES string of the molecule is CC(C)c1nccn1-c1cc(C(=O)NC(C)(C)C)cc(-c2ccc(Cl)cc2)n1. The molecule has 0 fully saturated rings. The van der Waals surface area contributed by atoms with E-state index in [1.54, 1.807) is 18.3 Å². The molecule has 0 atom stereocenters. The van der Waals surface area contributed by atoms with Crippen molar-refractivity contribution < 1.29 is 4.79 Å². The molecule has 0 saturated heterocycles. The van der Waals surface area contributed by atoms with Gasteiger partial charge in [0.15, 0.2) is 0 Å². The van der Waals surface area contributed by atoms with E-state index in [1.165, 1.54) is 0 Å². The molecule has 1 aromatic carbocycles. The minimum absolute atomic E-state index is 0.141. The first kappa shape index (κ1) is 20.1. The summed E-state index contributed by atoms with van der Waals surface area (Å²) in [5.41, 5.74) is 1.81. The van der Waals surface area contributed by atoms with E-state index in [-0.39, 0.29) is 17.4 Å². The van der Waals surface area contributed by atoms with Crippen LogP contribution in [0.15, 0.2) is 48.8 Å². The highest BCUT2D eigenvalue weighted by Crippen LogP contribution is 2.25. The van der Waals surface area contributed by atoms with Gasteiger partial charge in [-0.15, -0.1) is 0 Å². The van der Waals surface area contributed by atoms with E-state index in [0.29, 0.717) is 22.1 Å². The first-order valence-electron chi connectivity index (χ1n) is 9.28. The number of nitrogens with one attached hydrogen (secondary N) is 1. The lowest BCUT2D eigenvalue weighted by atomic mass is 10.1. The molecular formula is C22H25ClN4O. The van der Waals surface area contributed by atoms with Gasteiger partial charge in [0.05, 0.1) is 5.69 Å². The lowest BCUT2D eigenvalue weighted by Crippen LogP contribution is -2.40. The van der Waals surface area contributed by atoms with Gasteiger partial charge >= 0.3 is 0 Å². The van der Waals surface area contributed by atoms with Crippen molar-refractivity contribution in [1.29, 1.82) is 0 Å². The molecule has 0 aliphatic heterocycles. The maximum Gasteiger partial charge on any atom is 0.251 e. The number of benzene rings is 1. The molecule has 0 aliphatic rings. The lowest BCUT2D eigenvalue weighted by Gasteiger charge is -2.21. The maximum atomic E-state index is 12.9. The number of hydrogen-bond donors (Lipinski definition) is 1. The Hall–Kier alpha value is -2.66. The lowest BCUT2D eigenvalue weighted by molar-refractivity contribution is 0.0919. The molecule has 0 spiro atoms. The van der Waals surface area contributed by atoms with Crippen LogP contribution in [0.4, 0.5) is 0 Å². The molecule has 0 saturated carbocycles. The van der Waals surface area contributed by atoms with Crippen molar-refractivity contribution in [2.24, 2.45) is 0 Å². The molecule has 5 nitrogen and oxygen atoms in total. The van der Waals surface area contributed by atoms with E-state index in [4.69, 9.17) is 16.6 Å². The first-order valence-corrected chi connectivity index (χ1v) is 9.66. The number of nitrogens with zero attached hydrogens (tertiary/aromatic N) is 3. The highest BCUT2D eigenvalue weighted by atomic mass is 35.5. The predicted molar refractivity (Wildman–Crippen MR) is 113 cm³/mol. The van der Waals surface area contributed by atoms with Gasteiger partial charge in [0, 0.05) is 40.0 Å². The van der Waals surface area contributed by atoms with Crippen LogP contribution >= 0.6 is 11.6 Å². The Kier molecular flexibility index (Phi) is 5.57. The van der Waals surface area contributed by atoms with E-state index < -0.39 is 0 Å². The van der Waals surface area contributed by atoms with Crippen molar-refractivity contribution in [2.45, 2.75) is 46.1 Å². The van der Waals surface area contributed by atoms with Crippen LogP contribution in [0.2, 0.25) is 5.02 Å². The van der Waals surface area contributed by atoms with Crippen molar-refractivity contribution in [3.63, 3.8) is 0 Å². The number of carbonyl (C=O) groups excluding carboxylic acids is 1. The van der Waals surface area contributed by atoms with Crippen LogP contribution < -0.4 is 5.32 Å². The van der Waals surface area contributed by atoms with Crippen molar-refractivity contribution in [1.82, 2.24) is 19.9 Å². The molecule has 0 unspecified atom stereocenters. The van der Waals surface area contributed by atoms with Crippen molar-refractivity contribution >= 4 is 17.5 Å². The minimum atomic E-state index is -0.334. The van der Waals surface area contributed by atoms with E-state index in [9.17, 15) is 4.79 Å². The van der Waals surface area contributed by atoms with E-state index in [1.807, 2.05) is 55.8 Å². The summed E-state index contributed by atoms with van der Waals surface area (Å²) in [6.45, 7) is 10.0. The topological polar surface area (TPSA) is 59.8 Å². The van der Waals surface area contributed by atoms with Crippen LogP contribution in [0.3, 0.4) is 0 Å². The third kappa shape index (κ3) is 4.60.